The molecule has 0 fully saturated rings. The van der Waals surface area contributed by atoms with Gasteiger partial charge in [-0.1, -0.05) is 0 Å². The fourth-order valence-electron chi connectivity index (χ4n) is 1.36. The van der Waals surface area contributed by atoms with Crippen LogP contribution in [0.25, 0.3) is 10.9 Å². The molecule has 0 saturated heterocycles. The summed E-state index contributed by atoms with van der Waals surface area (Å²) in [6.45, 7) is 0. The lowest BCUT2D eigenvalue weighted by molar-refractivity contribution is 0.0604. The topological polar surface area (TPSA) is 81.0 Å². The Morgan fingerprint density at radius 1 is 1.57 bits per heavy atom. The molecule has 2 rings (SSSR count). The number of aromatic amines is 1. The molecule has 0 aliphatic carbocycles. The van der Waals surface area contributed by atoms with Gasteiger partial charge in [-0.15, -0.1) is 0 Å². The molecular formula is C9H9N3O2. The number of fused-ring (bicyclic) bond motifs is 1. The summed E-state index contributed by atoms with van der Waals surface area (Å²) in [7, 11) is 1.32. The molecule has 0 radical (unpaired) electrons. The largest absolute Gasteiger partial charge is 0.465 e. The smallest absolute Gasteiger partial charge is 0.340 e. The Labute approximate surface area is 79.9 Å². The van der Waals surface area contributed by atoms with Crippen LogP contribution in [-0.2, 0) is 4.74 Å². The number of hydrogen-bond donors (Lipinski definition) is 2. The van der Waals surface area contributed by atoms with E-state index in [1.54, 1.807) is 18.3 Å². The van der Waals surface area contributed by atoms with Gasteiger partial charge in [-0.05, 0) is 12.1 Å². The second-order valence-corrected chi connectivity index (χ2v) is 2.85. The Balaban J connectivity index is 2.76. The number of nitrogens with two attached hydrogens (primary N) is 1. The Morgan fingerprint density at radius 2 is 2.36 bits per heavy atom. The number of carbonyl (C=O) groups is 1. The molecule has 0 amide bonds. The van der Waals surface area contributed by atoms with Crippen LogP contribution in [0, 0.1) is 0 Å². The molecule has 0 spiro atoms. The summed E-state index contributed by atoms with van der Waals surface area (Å²) >= 11 is 0. The molecule has 2 aromatic rings. The van der Waals surface area contributed by atoms with E-state index in [4.69, 9.17) is 5.73 Å². The number of benzene rings is 1. The van der Waals surface area contributed by atoms with Gasteiger partial charge in [0, 0.05) is 11.1 Å². The minimum Gasteiger partial charge on any atom is -0.465 e. The van der Waals surface area contributed by atoms with Gasteiger partial charge in [0.1, 0.15) is 0 Å². The van der Waals surface area contributed by atoms with E-state index < -0.39 is 5.97 Å². The van der Waals surface area contributed by atoms with Crippen LogP contribution in [-0.4, -0.2) is 23.3 Å². The van der Waals surface area contributed by atoms with Gasteiger partial charge in [0.15, 0.2) is 0 Å². The van der Waals surface area contributed by atoms with Crippen LogP contribution >= 0.6 is 0 Å². The second kappa shape index (κ2) is 3.02. The van der Waals surface area contributed by atoms with Crippen LogP contribution in [0.4, 0.5) is 5.69 Å². The molecule has 0 aliphatic rings. The number of nitrogens with zero attached hydrogens (tertiary/aromatic N) is 1. The number of hydrogen-bond acceptors (Lipinski definition) is 4. The third kappa shape index (κ3) is 1.10. The summed E-state index contributed by atoms with van der Waals surface area (Å²) in [5.74, 6) is -0.450. The van der Waals surface area contributed by atoms with E-state index in [-0.39, 0.29) is 0 Å². The second-order valence-electron chi connectivity index (χ2n) is 2.85. The van der Waals surface area contributed by atoms with Gasteiger partial charge in [0.2, 0.25) is 0 Å². The number of rotatable bonds is 1. The highest BCUT2D eigenvalue weighted by Crippen LogP contribution is 2.22. The molecule has 0 aliphatic heterocycles. The van der Waals surface area contributed by atoms with E-state index in [0.717, 1.165) is 5.52 Å². The van der Waals surface area contributed by atoms with Crippen molar-refractivity contribution < 1.29 is 9.53 Å². The number of H-pyrrole nitrogens is 1. The minimum atomic E-state index is -0.450. The number of nitrogens with one attached hydrogen (secondary N) is 1. The molecule has 5 nitrogen and oxygen atoms in total. The van der Waals surface area contributed by atoms with E-state index in [9.17, 15) is 4.79 Å². The number of anilines is 1. The highest BCUT2D eigenvalue weighted by Gasteiger charge is 2.14. The Hall–Kier alpha value is -2.04. The number of nitrogen functional groups attached to an aromatic ring is 1. The van der Waals surface area contributed by atoms with Crippen molar-refractivity contribution >= 4 is 22.6 Å². The zero-order chi connectivity index (χ0) is 10.1. The van der Waals surface area contributed by atoms with Crippen molar-refractivity contribution in [1.29, 1.82) is 0 Å². The van der Waals surface area contributed by atoms with Gasteiger partial charge in [-0.25, -0.2) is 4.79 Å². The molecule has 72 valence electrons. The fourth-order valence-corrected chi connectivity index (χ4v) is 1.36. The van der Waals surface area contributed by atoms with Crippen LogP contribution in [0.1, 0.15) is 10.4 Å². The molecule has 0 atom stereocenters. The molecule has 0 saturated carbocycles. The molecule has 5 heteroatoms. The van der Waals surface area contributed by atoms with E-state index >= 15 is 0 Å². The summed E-state index contributed by atoms with van der Waals surface area (Å²) in [5.41, 5.74) is 7.20. The van der Waals surface area contributed by atoms with Crippen molar-refractivity contribution in [3.63, 3.8) is 0 Å². The number of aromatic nitrogens is 2. The maximum absolute atomic E-state index is 11.4. The van der Waals surface area contributed by atoms with Gasteiger partial charge in [0.25, 0.3) is 0 Å². The fraction of sp³-hybridized carbons (Fsp3) is 0.111. The first-order chi connectivity index (χ1) is 6.74. The normalized spacial score (nSPS) is 10.4. The van der Waals surface area contributed by atoms with Crippen molar-refractivity contribution in [1.82, 2.24) is 10.2 Å². The van der Waals surface area contributed by atoms with E-state index in [2.05, 4.69) is 14.9 Å². The summed E-state index contributed by atoms with van der Waals surface area (Å²) in [4.78, 5) is 11.4. The maximum atomic E-state index is 11.4. The van der Waals surface area contributed by atoms with E-state index in [1.165, 1.54) is 7.11 Å². The molecule has 0 unspecified atom stereocenters. The Kier molecular flexibility index (Phi) is 1.85. The van der Waals surface area contributed by atoms with Gasteiger partial charge in [-0.2, -0.15) is 5.10 Å². The first-order valence-electron chi connectivity index (χ1n) is 4.04. The molecule has 0 bridgehead atoms. The number of ether oxygens (including phenoxy) is 1. The molecule has 1 aromatic heterocycles. The Morgan fingerprint density at radius 3 is 3.07 bits per heavy atom. The van der Waals surface area contributed by atoms with Gasteiger partial charge >= 0.3 is 5.97 Å². The minimum absolute atomic E-state index is 0.360. The van der Waals surface area contributed by atoms with Gasteiger partial charge in [-0.3, -0.25) is 5.10 Å². The van der Waals surface area contributed by atoms with Gasteiger partial charge in [0.05, 0.1) is 24.4 Å². The highest BCUT2D eigenvalue weighted by atomic mass is 16.5. The lowest BCUT2D eigenvalue weighted by atomic mass is 10.1. The standard InChI is InChI=1S/C9H9N3O2/c1-14-9(13)8-5-4-11-12-7(5)3-2-6(8)10/h2-4H,10H2,1H3,(H,11,12). The van der Waals surface area contributed by atoms with Crippen LogP contribution in [0.15, 0.2) is 18.3 Å². The lowest BCUT2D eigenvalue weighted by Gasteiger charge is -2.03. The number of esters is 1. The summed E-state index contributed by atoms with van der Waals surface area (Å²) < 4.78 is 4.63. The van der Waals surface area contributed by atoms with E-state index in [1.807, 2.05) is 0 Å². The molecule has 1 aromatic carbocycles. The zero-order valence-corrected chi connectivity index (χ0v) is 7.57. The Bertz CT molecular complexity index is 490. The highest BCUT2D eigenvalue weighted by molar-refractivity contribution is 6.07. The third-order valence-corrected chi connectivity index (χ3v) is 2.05. The quantitative estimate of drug-likeness (QED) is 0.519. The molecule has 1 heterocycles. The zero-order valence-electron chi connectivity index (χ0n) is 7.57. The van der Waals surface area contributed by atoms with Crippen LogP contribution in [0.2, 0.25) is 0 Å². The molecule has 14 heavy (non-hydrogen) atoms. The first-order valence-corrected chi connectivity index (χ1v) is 4.04. The van der Waals surface area contributed by atoms with Gasteiger partial charge < -0.3 is 10.5 Å². The average Bonchev–Trinajstić information content (AvgIpc) is 2.64. The molecular weight excluding hydrogens is 182 g/mol. The SMILES string of the molecule is COC(=O)c1c(N)ccc2[nH]ncc12. The first kappa shape index (κ1) is 8.55. The number of carbonyl (C=O) groups excluding carboxylic acids is 1. The summed E-state index contributed by atoms with van der Waals surface area (Å²) in [6, 6.07) is 3.41. The predicted molar refractivity (Wildman–Crippen MR) is 51.8 cm³/mol. The molecule has 3 N–H and O–H groups in total. The number of methoxy groups -OCH3 is 1. The lowest BCUT2D eigenvalue weighted by Crippen LogP contribution is -2.05. The monoisotopic (exact) mass is 191 g/mol. The third-order valence-electron chi connectivity index (χ3n) is 2.05. The maximum Gasteiger partial charge on any atom is 0.340 e. The van der Waals surface area contributed by atoms with Crippen molar-refractivity contribution in [3.05, 3.63) is 23.9 Å². The van der Waals surface area contributed by atoms with Crippen molar-refractivity contribution in [2.24, 2.45) is 0 Å². The van der Waals surface area contributed by atoms with Crippen LogP contribution in [0.3, 0.4) is 0 Å². The predicted octanol–water partition coefficient (Wildman–Crippen LogP) is 0.932. The average molecular weight is 191 g/mol. The van der Waals surface area contributed by atoms with Crippen molar-refractivity contribution in [3.8, 4) is 0 Å². The van der Waals surface area contributed by atoms with Crippen molar-refractivity contribution in [2.45, 2.75) is 0 Å². The summed E-state index contributed by atoms with van der Waals surface area (Å²) in [5, 5.41) is 7.26. The van der Waals surface area contributed by atoms with Crippen LogP contribution in [0.5, 0.6) is 0 Å². The summed E-state index contributed by atoms with van der Waals surface area (Å²) in [6.07, 6.45) is 1.55. The van der Waals surface area contributed by atoms with E-state index in [0.29, 0.717) is 16.6 Å². The van der Waals surface area contributed by atoms with Crippen LogP contribution < -0.4 is 5.73 Å². The van der Waals surface area contributed by atoms with Crippen molar-refractivity contribution in [2.75, 3.05) is 12.8 Å².